The molecule has 1 unspecified atom stereocenters. The highest BCUT2D eigenvalue weighted by Crippen LogP contribution is 2.21. The van der Waals surface area contributed by atoms with Crippen LogP contribution in [-0.2, 0) is 6.54 Å². The molecule has 0 spiro atoms. The minimum absolute atomic E-state index is 0.132. The Bertz CT molecular complexity index is 370. The topological polar surface area (TPSA) is 12.0 Å². The summed E-state index contributed by atoms with van der Waals surface area (Å²) in [6.45, 7) is 2.81. The molecule has 0 saturated heterocycles. The molecule has 0 saturated carbocycles. The van der Waals surface area contributed by atoms with Crippen LogP contribution in [0.4, 0.5) is 0 Å². The SMILES string of the molecule is C#CC(CC)NCc1ccc(Cl)cc1Br. The number of rotatable bonds is 4. The van der Waals surface area contributed by atoms with E-state index in [1.165, 1.54) is 0 Å². The molecule has 3 heteroatoms. The lowest BCUT2D eigenvalue weighted by Gasteiger charge is -2.11. The van der Waals surface area contributed by atoms with Crippen LogP contribution in [0.5, 0.6) is 0 Å². The molecule has 0 aromatic heterocycles. The normalized spacial score (nSPS) is 12.1. The lowest BCUT2D eigenvalue weighted by atomic mass is 10.2. The van der Waals surface area contributed by atoms with Gasteiger partial charge in [0.15, 0.2) is 0 Å². The van der Waals surface area contributed by atoms with E-state index in [1.54, 1.807) is 0 Å². The molecule has 0 amide bonds. The fourth-order valence-electron chi connectivity index (χ4n) is 1.22. The molecule has 1 rings (SSSR count). The summed E-state index contributed by atoms with van der Waals surface area (Å²) in [5.74, 6) is 2.70. The van der Waals surface area contributed by atoms with Crippen LogP contribution in [0.15, 0.2) is 22.7 Å². The Labute approximate surface area is 104 Å². The molecule has 0 bridgehead atoms. The zero-order chi connectivity index (χ0) is 11.3. The fraction of sp³-hybridized carbons (Fsp3) is 0.333. The predicted molar refractivity (Wildman–Crippen MR) is 68.9 cm³/mol. The van der Waals surface area contributed by atoms with E-state index in [0.29, 0.717) is 0 Å². The van der Waals surface area contributed by atoms with Gasteiger partial charge in [-0.1, -0.05) is 46.4 Å². The Morgan fingerprint density at radius 2 is 2.33 bits per heavy atom. The zero-order valence-corrected chi connectivity index (χ0v) is 10.9. The highest BCUT2D eigenvalue weighted by Gasteiger charge is 2.04. The average molecular weight is 287 g/mol. The monoisotopic (exact) mass is 285 g/mol. The zero-order valence-electron chi connectivity index (χ0n) is 8.56. The second-order valence-corrected chi connectivity index (χ2v) is 4.53. The van der Waals surface area contributed by atoms with Crippen molar-refractivity contribution in [3.05, 3.63) is 33.3 Å². The highest BCUT2D eigenvalue weighted by atomic mass is 79.9. The van der Waals surface area contributed by atoms with Gasteiger partial charge in [0.25, 0.3) is 0 Å². The Morgan fingerprint density at radius 1 is 1.60 bits per heavy atom. The van der Waals surface area contributed by atoms with E-state index < -0.39 is 0 Å². The number of hydrogen-bond acceptors (Lipinski definition) is 1. The van der Waals surface area contributed by atoms with Crippen molar-refractivity contribution >= 4 is 27.5 Å². The molecule has 0 aliphatic heterocycles. The molecule has 0 fully saturated rings. The molecule has 1 aromatic rings. The maximum absolute atomic E-state index is 5.85. The van der Waals surface area contributed by atoms with Crippen molar-refractivity contribution in [2.75, 3.05) is 0 Å². The van der Waals surface area contributed by atoms with Gasteiger partial charge in [0, 0.05) is 16.0 Å². The van der Waals surface area contributed by atoms with E-state index in [1.807, 2.05) is 18.2 Å². The molecule has 0 radical (unpaired) electrons. The summed E-state index contributed by atoms with van der Waals surface area (Å²) in [5.41, 5.74) is 1.16. The summed E-state index contributed by atoms with van der Waals surface area (Å²) in [4.78, 5) is 0. The summed E-state index contributed by atoms with van der Waals surface area (Å²) < 4.78 is 1.01. The largest absolute Gasteiger partial charge is 0.300 e. The molecular formula is C12H13BrClN. The van der Waals surface area contributed by atoms with Crippen molar-refractivity contribution in [3.63, 3.8) is 0 Å². The maximum atomic E-state index is 5.85. The van der Waals surface area contributed by atoms with Gasteiger partial charge in [-0.3, -0.25) is 5.32 Å². The first-order valence-corrected chi connectivity index (χ1v) is 5.98. The van der Waals surface area contributed by atoms with Crippen molar-refractivity contribution in [1.82, 2.24) is 5.32 Å². The van der Waals surface area contributed by atoms with E-state index in [2.05, 4.69) is 34.1 Å². The quantitative estimate of drug-likeness (QED) is 0.834. The van der Waals surface area contributed by atoms with Gasteiger partial charge >= 0.3 is 0 Å². The average Bonchev–Trinajstić information content (AvgIpc) is 2.22. The van der Waals surface area contributed by atoms with Gasteiger partial charge in [-0.15, -0.1) is 6.42 Å². The van der Waals surface area contributed by atoms with Crippen LogP contribution in [0.2, 0.25) is 5.02 Å². The first-order chi connectivity index (χ1) is 7.17. The van der Waals surface area contributed by atoms with Gasteiger partial charge in [-0.25, -0.2) is 0 Å². The predicted octanol–water partition coefficient (Wildman–Crippen LogP) is 3.60. The van der Waals surface area contributed by atoms with E-state index in [9.17, 15) is 0 Å². The van der Waals surface area contributed by atoms with Gasteiger partial charge in [-0.05, 0) is 24.1 Å². The molecule has 1 nitrogen and oxygen atoms in total. The Morgan fingerprint density at radius 3 is 2.87 bits per heavy atom. The summed E-state index contributed by atoms with van der Waals surface area (Å²) in [5, 5.41) is 4.02. The van der Waals surface area contributed by atoms with E-state index in [4.69, 9.17) is 18.0 Å². The maximum Gasteiger partial charge on any atom is 0.0686 e. The van der Waals surface area contributed by atoms with Crippen molar-refractivity contribution in [2.45, 2.75) is 25.9 Å². The van der Waals surface area contributed by atoms with Crippen LogP contribution in [-0.4, -0.2) is 6.04 Å². The smallest absolute Gasteiger partial charge is 0.0686 e. The first-order valence-electron chi connectivity index (χ1n) is 4.80. The van der Waals surface area contributed by atoms with Crippen LogP contribution in [0.1, 0.15) is 18.9 Å². The third-order valence-corrected chi connectivity index (χ3v) is 3.14. The van der Waals surface area contributed by atoms with E-state index >= 15 is 0 Å². The van der Waals surface area contributed by atoms with Crippen LogP contribution in [0, 0.1) is 12.3 Å². The first kappa shape index (κ1) is 12.6. The van der Waals surface area contributed by atoms with Crippen molar-refractivity contribution in [1.29, 1.82) is 0 Å². The summed E-state index contributed by atoms with van der Waals surface area (Å²) in [7, 11) is 0. The minimum Gasteiger partial charge on any atom is -0.300 e. The molecular weight excluding hydrogens is 273 g/mol. The highest BCUT2D eigenvalue weighted by molar-refractivity contribution is 9.10. The summed E-state index contributed by atoms with van der Waals surface area (Å²) in [6.07, 6.45) is 6.30. The second-order valence-electron chi connectivity index (χ2n) is 3.24. The van der Waals surface area contributed by atoms with E-state index in [0.717, 1.165) is 28.0 Å². The van der Waals surface area contributed by atoms with Crippen molar-refractivity contribution in [2.24, 2.45) is 0 Å². The molecule has 0 aliphatic rings. The Balaban J connectivity index is 2.62. The van der Waals surface area contributed by atoms with Gasteiger partial charge < -0.3 is 0 Å². The molecule has 15 heavy (non-hydrogen) atoms. The number of nitrogens with one attached hydrogen (secondary N) is 1. The number of hydrogen-bond donors (Lipinski definition) is 1. The van der Waals surface area contributed by atoms with Crippen LogP contribution < -0.4 is 5.32 Å². The lowest BCUT2D eigenvalue weighted by molar-refractivity contribution is 0.591. The number of halogens is 2. The second kappa shape index (κ2) is 6.17. The third kappa shape index (κ3) is 3.87. The molecule has 1 N–H and O–H groups in total. The van der Waals surface area contributed by atoms with Crippen LogP contribution in [0.25, 0.3) is 0 Å². The van der Waals surface area contributed by atoms with Gasteiger partial charge in [-0.2, -0.15) is 0 Å². The molecule has 0 heterocycles. The molecule has 1 aromatic carbocycles. The van der Waals surface area contributed by atoms with Crippen molar-refractivity contribution < 1.29 is 0 Å². The summed E-state index contributed by atoms with van der Waals surface area (Å²) in [6, 6.07) is 5.88. The molecule has 1 atom stereocenters. The van der Waals surface area contributed by atoms with Gasteiger partial charge in [0.1, 0.15) is 0 Å². The number of benzene rings is 1. The standard InChI is InChI=1S/C12H13BrClN/c1-3-11(4-2)15-8-9-5-6-10(14)7-12(9)13/h1,5-7,11,15H,4,8H2,2H3. The van der Waals surface area contributed by atoms with Crippen LogP contribution in [0.3, 0.4) is 0 Å². The van der Waals surface area contributed by atoms with Crippen LogP contribution >= 0.6 is 27.5 Å². The fourth-order valence-corrected chi connectivity index (χ4v) is 2.04. The third-order valence-electron chi connectivity index (χ3n) is 2.16. The van der Waals surface area contributed by atoms with Gasteiger partial charge in [0.2, 0.25) is 0 Å². The van der Waals surface area contributed by atoms with E-state index in [-0.39, 0.29) is 6.04 Å². The Kier molecular flexibility index (Phi) is 5.17. The lowest BCUT2D eigenvalue weighted by Crippen LogP contribution is -2.26. The number of terminal acetylenes is 1. The molecule has 80 valence electrons. The molecule has 0 aliphatic carbocycles. The summed E-state index contributed by atoms with van der Waals surface area (Å²) >= 11 is 9.32. The minimum atomic E-state index is 0.132. The Hall–Kier alpha value is -0.490. The van der Waals surface area contributed by atoms with Crippen molar-refractivity contribution in [3.8, 4) is 12.3 Å². The van der Waals surface area contributed by atoms with Gasteiger partial charge in [0.05, 0.1) is 6.04 Å².